The Balaban J connectivity index is 1.50. The summed E-state index contributed by atoms with van der Waals surface area (Å²) in [4.78, 5) is 29.8. The van der Waals surface area contributed by atoms with Gasteiger partial charge in [-0.15, -0.1) is 0 Å². The SMILES string of the molecule is O=C(COC(=O)c1c2c(nc3ccccc13)CCCCC2)NCC1CCCO1. The second-order valence-electron chi connectivity index (χ2n) is 7.51. The zero-order chi connectivity index (χ0) is 19.3. The Labute approximate surface area is 164 Å². The van der Waals surface area contributed by atoms with Gasteiger partial charge in [0.15, 0.2) is 6.61 Å². The lowest BCUT2D eigenvalue weighted by Gasteiger charge is -2.15. The van der Waals surface area contributed by atoms with E-state index in [0.29, 0.717) is 12.1 Å². The molecule has 1 aliphatic heterocycles. The Morgan fingerprint density at radius 3 is 2.86 bits per heavy atom. The van der Waals surface area contributed by atoms with Crippen molar-refractivity contribution in [2.75, 3.05) is 19.8 Å². The van der Waals surface area contributed by atoms with Gasteiger partial charge in [-0.25, -0.2) is 4.79 Å². The lowest BCUT2D eigenvalue weighted by Crippen LogP contribution is -2.35. The number of carbonyl (C=O) groups is 2. The number of fused-ring (bicyclic) bond motifs is 2. The molecule has 1 atom stereocenters. The molecule has 0 radical (unpaired) electrons. The van der Waals surface area contributed by atoms with Crippen molar-refractivity contribution in [1.29, 1.82) is 0 Å². The summed E-state index contributed by atoms with van der Waals surface area (Å²) in [6.45, 7) is 0.927. The number of nitrogens with zero attached hydrogens (tertiary/aromatic N) is 1. The van der Waals surface area contributed by atoms with Crippen LogP contribution in [-0.2, 0) is 27.1 Å². The number of hydrogen-bond acceptors (Lipinski definition) is 5. The van der Waals surface area contributed by atoms with Crippen LogP contribution >= 0.6 is 0 Å². The molecule has 1 aromatic heterocycles. The molecular formula is C22H26N2O4. The highest BCUT2D eigenvalue weighted by Crippen LogP contribution is 2.29. The van der Waals surface area contributed by atoms with E-state index in [4.69, 9.17) is 14.5 Å². The summed E-state index contributed by atoms with van der Waals surface area (Å²) in [5.74, 6) is -0.739. The molecule has 28 heavy (non-hydrogen) atoms. The fourth-order valence-electron chi connectivity index (χ4n) is 4.07. The van der Waals surface area contributed by atoms with Crippen LogP contribution in [0.4, 0.5) is 0 Å². The molecule has 2 aromatic rings. The van der Waals surface area contributed by atoms with Gasteiger partial charge in [0.1, 0.15) is 0 Å². The normalized spacial score (nSPS) is 19.1. The largest absolute Gasteiger partial charge is 0.452 e. The summed E-state index contributed by atoms with van der Waals surface area (Å²) >= 11 is 0. The minimum atomic E-state index is -0.441. The third kappa shape index (κ3) is 4.17. The van der Waals surface area contributed by atoms with E-state index in [1.165, 1.54) is 0 Å². The highest BCUT2D eigenvalue weighted by Gasteiger charge is 2.23. The summed E-state index contributed by atoms with van der Waals surface area (Å²) in [7, 11) is 0. The maximum absolute atomic E-state index is 13.0. The second-order valence-corrected chi connectivity index (χ2v) is 7.51. The first-order valence-corrected chi connectivity index (χ1v) is 10.2. The van der Waals surface area contributed by atoms with Crippen molar-refractivity contribution in [3.05, 3.63) is 41.1 Å². The van der Waals surface area contributed by atoms with Gasteiger partial charge in [0, 0.05) is 24.2 Å². The molecule has 0 spiro atoms. The molecule has 1 amide bonds. The molecule has 0 bridgehead atoms. The van der Waals surface area contributed by atoms with E-state index in [-0.39, 0.29) is 18.6 Å². The van der Waals surface area contributed by atoms with E-state index in [2.05, 4.69) is 5.32 Å². The average Bonchev–Trinajstić information content (AvgIpc) is 3.13. The van der Waals surface area contributed by atoms with Crippen molar-refractivity contribution >= 4 is 22.8 Å². The fraction of sp³-hybridized carbons (Fsp3) is 0.500. The van der Waals surface area contributed by atoms with Crippen LogP contribution in [0, 0.1) is 0 Å². The van der Waals surface area contributed by atoms with Crippen molar-refractivity contribution in [2.24, 2.45) is 0 Å². The van der Waals surface area contributed by atoms with Gasteiger partial charge in [0.05, 0.1) is 17.2 Å². The average molecular weight is 382 g/mol. The van der Waals surface area contributed by atoms with Crippen LogP contribution in [0.2, 0.25) is 0 Å². The monoisotopic (exact) mass is 382 g/mol. The third-order valence-corrected chi connectivity index (χ3v) is 5.51. The molecule has 4 rings (SSSR count). The lowest BCUT2D eigenvalue weighted by atomic mass is 9.97. The zero-order valence-electron chi connectivity index (χ0n) is 16.0. The fourth-order valence-corrected chi connectivity index (χ4v) is 4.07. The smallest absolute Gasteiger partial charge is 0.339 e. The number of para-hydroxylation sites is 1. The van der Waals surface area contributed by atoms with Crippen molar-refractivity contribution in [1.82, 2.24) is 10.3 Å². The molecule has 6 nitrogen and oxygen atoms in total. The maximum Gasteiger partial charge on any atom is 0.339 e. The van der Waals surface area contributed by atoms with Crippen LogP contribution in [0.25, 0.3) is 10.9 Å². The molecule has 148 valence electrons. The standard InChI is InChI=1S/C22H26N2O4/c25-20(23-13-15-7-6-12-27-15)14-28-22(26)21-16-8-2-1-3-10-18(16)24-19-11-5-4-9-17(19)21/h4-5,9,11,15H,1-3,6-8,10,12-14H2,(H,23,25). The third-order valence-electron chi connectivity index (χ3n) is 5.51. The van der Waals surface area contributed by atoms with Gasteiger partial charge in [-0.05, 0) is 50.2 Å². The molecule has 1 fully saturated rings. The van der Waals surface area contributed by atoms with Gasteiger partial charge in [0.25, 0.3) is 5.91 Å². The Kier molecular flexibility index (Phi) is 5.86. The van der Waals surface area contributed by atoms with Gasteiger partial charge in [-0.3, -0.25) is 9.78 Å². The molecule has 2 aliphatic rings. The number of amides is 1. The first-order valence-electron chi connectivity index (χ1n) is 10.2. The molecule has 0 saturated carbocycles. The van der Waals surface area contributed by atoms with Crippen molar-refractivity contribution < 1.29 is 19.1 Å². The van der Waals surface area contributed by atoms with Crippen LogP contribution < -0.4 is 5.32 Å². The molecule has 1 saturated heterocycles. The second kappa shape index (κ2) is 8.69. The molecule has 1 N–H and O–H groups in total. The highest BCUT2D eigenvalue weighted by molar-refractivity contribution is 6.05. The minimum absolute atomic E-state index is 0.0690. The van der Waals surface area contributed by atoms with Crippen LogP contribution in [-0.4, -0.2) is 42.7 Å². The van der Waals surface area contributed by atoms with E-state index >= 15 is 0 Å². The van der Waals surface area contributed by atoms with Gasteiger partial charge < -0.3 is 14.8 Å². The van der Waals surface area contributed by atoms with E-state index < -0.39 is 5.97 Å². The molecule has 6 heteroatoms. The highest BCUT2D eigenvalue weighted by atomic mass is 16.5. The Hall–Kier alpha value is -2.47. The number of pyridine rings is 1. The summed E-state index contributed by atoms with van der Waals surface area (Å²) in [5, 5.41) is 3.59. The quantitative estimate of drug-likeness (QED) is 0.635. The predicted octanol–water partition coefficient (Wildman–Crippen LogP) is 2.96. The number of nitrogens with one attached hydrogen (secondary N) is 1. The Morgan fingerprint density at radius 1 is 1.14 bits per heavy atom. The number of benzene rings is 1. The maximum atomic E-state index is 13.0. The van der Waals surface area contributed by atoms with Gasteiger partial charge >= 0.3 is 5.97 Å². The van der Waals surface area contributed by atoms with Gasteiger partial charge in [-0.1, -0.05) is 24.6 Å². The van der Waals surface area contributed by atoms with Gasteiger partial charge in [0.2, 0.25) is 0 Å². The van der Waals surface area contributed by atoms with Crippen LogP contribution in [0.3, 0.4) is 0 Å². The van der Waals surface area contributed by atoms with Crippen LogP contribution in [0.5, 0.6) is 0 Å². The lowest BCUT2D eigenvalue weighted by molar-refractivity contribution is -0.124. The molecule has 2 heterocycles. The van der Waals surface area contributed by atoms with E-state index in [1.807, 2.05) is 24.3 Å². The molecule has 1 aliphatic carbocycles. The zero-order valence-corrected chi connectivity index (χ0v) is 16.0. The van der Waals surface area contributed by atoms with E-state index in [0.717, 1.165) is 73.7 Å². The summed E-state index contributed by atoms with van der Waals surface area (Å²) in [5.41, 5.74) is 3.36. The minimum Gasteiger partial charge on any atom is -0.452 e. The summed E-state index contributed by atoms with van der Waals surface area (Å²) < 4.78 is 10.9. The molecule has 1 aromatic carbocycles. The summed E-state index contributed by atoms with van der Waals surface area (Å²) in [6.07, 6.45) is 7.00. The number of aromatic nitrogens is 1. The Morgan fingerprint density at radius 2 is 2.00 bits per heavy atom. The predicted molar refractivity (Wildman–Crippen MR) is 105 cm³/mol. The first-order chi connectivity index (χ1) is 13.7. The number of hydrogen-bond donors (Lipinski definition) is 1. The van der Waals surface area contributed by atoms with E-state index in [1.54, 1.807) is 0 Å². The molecule has 1 unspecified atom stereocenters. The van der Waals surface area contributed by atoms with Crippen molar-refractivity contribution in [2.45, 2.75) is 51.0 Å². The number of ether oxygens (including phenoxy) is 2. The first kappa shape index (κ1) is 18.9. The number of aryl methyl sites for hydroxylation is 1. The van der Waals surface area contributed by atoms with Crippen LogP contribution in [0.1, 0.15) is 53.7 Å². The van der Waals surface area contributed by atoms with Crippen LogP contribution in [0.15, 0.2) is 24.3 Å². The van der Waals surface area contributed by atoms with Gasteiger partial charge in [-0.2, -0.15) is 0 Å². The Bertz CT molecular complexity index is 874. The number of esters is 1. The van der Waals surface area contributed by atoms with Crippen molar-refractivity contribution in [3.63, 3.8) is 0 Å². The number of rotatable bonds is 5. The molecular weight excluding hydrogens is 356 g/mol. The number of carbonyl (C=O) groups excluding carboxylic acids is 2. The van der Waals surface area contributed by atoms with E-state index in [9.17, 15) is 9.59 Å². The summed E-state index contributed by atoms with van der Waals surface area (Å²) in [6, 6.07) is 7.65. The van der Waals surface area contributed by atoms with Crippen molar-refractivity contribution in [3.8, 4) is 0 Å². The topological polar surface area (TPSA) is 77.5 Å².